The lowest BCUT2D eigenvalue weighted by Gasteiger charge is -2.25. The van der Waals surface area contributed by atoms with Crippen LogP contribution in [0.25, 0.3) is 0 Å². The second-order valence-electron chi connectivity index (χ2n) is 5.19. The number of carbonyl (C=O) groups is 1. The largest absolute Gasteiger partial charge is 0.392 e. The Balaban J connectivity index is 2.74. The zero-order valence-electron chi connectivity index (χ0n) is 10.5. The Labute approximate surface area is 102 Å². The fourth-order valence-corrected chi connectivity index (χ4v) is 1.36. The van der Waals surface area contributed by atoms with Gasteiger partial charge in [-0.1, -0.05) is 32.9 Å². The van der Waals surface area contributed by atoms with E-state index in [4.69, 9.17) is 10.8 Å². The molecule has 0 aromatic heterocycles. The van der Waals surface area contributed by atoms with Crippen LogP contribution in [0.15, 0.2) is 24.3 Å². The highest BCUT2D eigenvalue weighted by Gasteiger charge is 2.27. The molecule has 1 amide bonds. The quantitative estimate of drug-likeness (QED) is 0.744. The van der Waals surface area contributed by atoms with E-state index < -0.39 is 6.04 Å². The Kier molecular flexibility index (Phi) is 4.26. The Morgan fingerprint density at radius 1 is 1.47 bits per heavy atom. The van der Waals surface area contributed by atoms with Crippen molar-refractivity contribution in [2.75, 3.05) is 5.32 Å². The van der Waals surface area contributed by atoms with Crippen molar-refractivity contribution in [3.8, 4) is 0 Å². The highest BCUT2D eigenvalue weighted by Crippen LogP contribution is 2.19. The zero-order valence-corrected chi connectivity index (χ0v) is 10.5. The molecule has 4 nitrogen and oxygen atoms in total. The molecule has 1 aromatic rings. The summed E-state index contributed by atoms with van der Waals surface area (Å²) in [5, 5.41) is 11.7. The lowest BCUT2D eigenvalue weighted by atomic mass is 9.87. The van der Waals surface area contributed by atoms with Crippen LogP contribution in [0.4, 0.5) is 5.69 Å². The van der Waals surface area contributed by atoms with Gasteiger partial charge >= 0.3 is 0 Å². The van der Waals surface area contributed by atoms with Crippen LogP contribution in [0.1, 0.15) is 26.3 Å². The number of carbonyl (C=O) groups excluding carboxylic acids is 1. The third-order valence-corrected chi connectivity index (χ3v) is 2.59. The van der Waals surface area contributed by atoms with Crippen molar-refractivity contribution in [1.29, 1.82) is 0 Å². The van der Waals surface area contributed by atoms with Gasteiger partial charge in [-0.05, 0) is 23.1 Å². The van der Waals surface area contributed by atoms with Crippen LogP contribution in [-0.4, -0.2) is 17.1 Å². The van der Waals surface area contributed by atoms with Crippen molar-refractivity contribution in [3.63, 3.8) is 0 Å². The summed E-state index contributed by atoms with van der Waals surface area (Å²) in [5.41, 5.74) is 6.98. The third-order valence-electron chi connectivity index (χ3n) is 2.59. The average molecular weight is 236 g/mol. The molecule has 1 aromatic carbocycles. The Morgan fingerprint density at radius 2 is 2.12 bits per heavy atom. The SMILES string of the molecule is CC(C)(C)[C@@H](N)C(=O)Nc1cccc(CO)c1. The molecule has 0 aliphatic heterocycles. The Bertz CT molecular complexity index is 397. The molecule has 0 radical (unpaired) electrons. The number of anilines is 1. The topological polar surface area (TPSA) is 75.4 Å². The second kappa shape index (κ2) is 5.29. The molecular weight excluding hydrogens is 216 g/mol. The standard InChI is InChI=1S/C13H20N2O2/c1-13(2,3)11(14)12(17)15-10-6-4-5-9(7-10)8-16/h4-7,11,16H,8,14H2,1-3H3,(H,15,17)/t11-/m0/s1. The van der Waals surface area contributed by atoms with Crippen LogP contribution >= 0.6 is 0 Å². The first kappa shape index (κ1) is 13.7. The third kappa shape index (κ3) is 3.84. The molecular formula is C13H20N2O2. The van der Waals surface area contributed by atoms with Crippen LogP contribution in [0.3, 0.4) is 0 Å². The molecule has 0 aliphatic carbocycles. The molecule has 0 fully saturated rings. The van der Waals surface area contributed by atoms with E-state index in [2.05, 4.69) is 5.32 Å². The molecule has 0 unspecified atom stereocenters. The van der Waals surface area contributed by atoms with E-state index in [1.807, 2.05) is 20.8 Å². The summed E-state index contributed by atoms with van der Waals surface area (Å²) in [7, 11) is 0. The van der Waals surface area contributed by atoms with E-state index >= 15 is 0 Å². The zero-order chi connectivity index (χ0) is 13.1. The minimum atomic E-state index is -0.569. The number of hydrogen-bond donors (Lipinski definition) is 3. The van der Waals surface area contributed by atoms with E-state index in [-0.39, 0.29) is 17.9 Å². The highest BCUT2D eigenvalue weighted by atomic mass is 16.3. The van der Waals surface area contributed by atoms with Gasteiger partial charge in [0.25, 0.3) is 0 Å². The smallest absolute Gasteiger partial charge is 0.241 e. The van der Waals surface area contributed by atoms with Crippen LogP contribution in [0.2, 0.25) is 0 Å². The van der Waals surface area contributed by atoms with Gasteiger partial charge in [-0.2, -0.15) is 0 Å². The summed E-state index contributed by atoms with van der Waals surface area (Å²) in [5.74, 6) is -0.215. The molecule has 0 heterocycles. The molecule has 0 saturated heterocycles. The van der Waals surface area contributed by atoms with Crippen LogP contribution < -0.4 is 11.1 Å². The number of aliphatic hydroxyl groups excluding tert-OH is 1. The molecule has 4 heteroatoms. The number of aliphatic hydroxyl groups is 1. The number of hydrogen-bond acceptors (Lipinski definition) is 3. The van der Waals surface area contributed by atoms with Gasteiger partial charge in [0.05, 0.1) is 12.6 Å². The van der Waals surface area contributed by atoms with E-state index in [0.29, 0.717) is 5.69 Å². The first-order valence-corrected chi connectivity index (χ1v) is 5.61. The maximum Gasteiger partial charge on any atom is 0.241 e. The van der Waals surface area contributed by atoms with Gasteiger partial charge < -0.3 is 16.2 Å². The predicted octanol–water partition coefficient (Wildman–Crippen LogP) is 1.49. The fourth-order valence-electron chi connectivity index (χ4n) is 1.36. The van der Waals surface area contributed by atoms with Crippen molar-refractivity contribution >= 4 is 11.6 Å². The van der Waals surface area contributed by atoms with E-state index in [1.54, 1.807) is 24.3 Å². The number of nitrogens with two attached hydrogens (primary N) is 1. The second-order valence-corrected chi connectivity index (χ2v) is 5.19. The molecule has 0 spiro atoms. The van der Waals surface area contributed by atoms with Gasteiger partial charge in [-0.3, -0.25) is 4.79 Å². The summed E-state index contributed by atoms with van der Waals surface area (Å²) in [6, 6.07) is 6.50. The van der Waals surface area contributed by atoms with Gasteiger partial charge in [-0.25, -0.2) is 0 Å². The highest BCUT2D eigenvalue weighted by molar-refractivity contribution is 5.95. The first-order valence-electron chi connectivity index (χ1n) is 5.61. The molecule has 94 valence electrons. The predicted molar refractivity (Wildman–Crippen MR) is 68.4 cm³/mol. The van der Waals surface area contributed by atoms with Crippen molar-refractivity contribution in [1.82, 2.24) is 0 Å². The lowest BCUT2D eigenvalue weighted by Crippen LogP contribution is -2.45. The van der Waals surface area contributed by atoms with E-state index in [1.165, 1.54) is 0 Å². The number of amides is 1. The molecule has 1 atom stereocenters. The van der Waals surface area contributed by atoms with Crippen molar-refractivity contribution in [2.24, 2.45) is 11.1 Å². The van der Waals surface area contributed by atoms with Crippen molar-refractivity contribution < 1.29 is 9.90 Å². The Hall–Kier alpha value is -1.39. The normalized spacial score (nSPS) is 13.2. The van der Waals surface area contributed by atoms with Crippen molar-refractivity contribution in [2.45, 2.75) is 33.4 Å². The fraction of sp³-hybridized carbons (Fsp3) is 0.462. The Morgan fingerprint density at radius 3 is 2.65 bits per heavy atom. The monoisotopic (exact) mass is 236 g/mol. The maximum atomic E-state index is 11.9. The van der Waals surface area contributed by atoms with Crippen LogP contribution in [-0.2, 0) is 11.4 Å². The van der Waals surface area contributed by atoms with E-state index in [9.17, 15) is 4.79 Å². The molecule has 1 rings (SSSR count). The molecule has 0 aliphatic rings. The van der Waals surface area contributed by atoms with Gasteiger partial charge in [-0.15, -0.1) is 0 Å². The number of nitrogens with one attached hydrogen (secondary N) is 1. The average Bonchev–Trinajstić information content (AvgIpc) is 2.27. The van der Waals surface area contributed by atoms with Gasteiger partial charge in [0, 0.05) is 5.69 Å². The summed E-state index contributed by atoms with van der Waals surface area (Å²) in [6.07, 6.45) is 0. The number of rotatable bonds is 3. The summed E-state index contributed by atoms with van der Waals surface area (Å²) >= 11 is 0. The summed E-state index contributed by atoms with van der Waals surface area (Å²) < 4.78 is 0. The van der Waals surface area contributed by atoms with Gasteiger partial charge in [0.1, 0.15) is 0 Å². The van der Waals surface area contributed by atoms with Crippen LogP contribution in [0.5, 0.6) is 0 Å². The number of benzene rings is 1. The first-order chi connectivity index (χ1) is 7.84. The van der Waals surface area contributed by atoms with E-state index in [0.717, 1.165) is 5.56 Å². The molecule has 17 heavy (non-hydrogen) atoms. The van der Waals surface area contributed by atoms with Gasteiger partial charge in [0.2, 0.25) is 5.91 Å². The van der Waals surface area contributed by atoms with Crippen molar-refractivity contribution in [3.05, 3.63) is 29.8 Å². The van der Waals surface area contributed by atoms with Crippen LogP contribution in [0, 0.1) is 5.41 Å². The van der Waals surface area contributed by atoms with Gasteiger partial charge in [0.15, 0.2) is 0 Å². The minimum Gasteiger partial charge on any atom is -0.392 e. The molecule has 4 N–H and O–H groups in total. The maximum absolute atomic E-state index is 11.9. The minimum absolute atomic E-state index is 0.0466. The molecule has 0 saturated carbocycles. The summed E-state index contributed by atoms with van der Waals surface area (Å²) in [4.78, 5) is 11.9. The summed E-state index contributed by atoms with van der Waals surface area (Å²) in [6.45, 7) is 5.71. The lowest BCUT2D eigenvalue weighted by molar-refractivity contribution is -0.119. The molecule has 0 bridgehead atoms.